The molecule has 7 nitrogen and oxygen atoms in total. The van der Waals surface area contributed by atoms with Gasteiger partial charge in [0, 0.05) is 17.0 Å². The van der Waals surface area contributed by atoms with Gasteiger partial charge in [0.05, 0.1) is 34.5 Å². The lowest BCUT2D eigenvalue weighted by molar-refractivity contribution is 0.102. The van der Waals surface area contributed by atoms with Crippen LogP contribution in [-0.2, 0) is 10.0 Å². The van der Waals surface area contributed by atoms with Crippen molar-refractivity contribution in [2.45, 2.75) is 23.8 Å². The number of aromatic nitrogens is 1. The van der Waals surface area contributed by atoms with E-state index >= 15 is 0 Å². The summed E-state index contributed by atoms with van der Waals surface area (Å²) in [7, 11) is -2.22. The van der Waals surface area contributed by atoms with Gasteiger partial charge in [-0.05, 0) is 43.2 Å². The maximum atomic E-state index is 13.5. The molecular formula is C26H23N3O4S. The van der Waals surface area contributed by atoms with Crippen LogP contribution in [0.25, 0.3) is 22.2 Å². The number of ether oxygens (including phenoxy) is 1. The number of para-hydroxylation sites is 1. The second-order valence-electron chi connectivity index (χ2n) is 8.15. The molecule has 1 aromatic heterocycles. The Morgan fingerprint density at radius 3 is 2.44 bits per heavy atom. The summed E-state index contributed by atoms with van der Waals surface area (Å²) in [5.74, 6) is -0.0286. The quantitative estimate of drug-likeness (QED) is 0.409. The van der Waals surface area contributed by atoms with Crippen LogP contribution in [-0.4, -0.2) is 32.5 Å². The van der Waals surface area contributed by atoms with Crippen molar-refractivity contribution < 1.29 is 17.9 Å². The molecule has 1 saturated carbocycles. The minimum atomic E-state index is -3.69. The number of benzene rings is 3. The lowest BCUT2D eigenvalue weighted by Gasteiger charge is -2.14. The van der Waals surface area contributed by atoms with Crippen LogP contribution in [0.5, 0.6) is 5.75 Å². The number of hydrogen-bond acceptors (Lipinski definition) is 5. The van der Waals surface area contributed by atoms with Gasteiger partial charge in [0.15, 0.2) is 0 Å². The predicted octanol–water partition coefficient (Wildman–Crippen LogP) is 4.60. The molecule has 0 saturated heterocycles. The van der Waals surface area contributed by atoms with E-state index in [1.54, 1.807) is 6.07 Å². The Balaban J connectivity index is 1.54. The first-order chi connectivity index (χ1) is 16.4. The SMILES string of the molecule is COc1ccc(S(=O)(=O)NC2CC2)cc1NC(=O)c1cc(-c2ccccc2)nc2ccccc12. The molecule has 1 fully saturated rings. The molecule has 1 heterocycles. The van der Waals surface area contributed by atoms with Gasteiger partial charge >= 0.3 is 0 Å². The number of anilines is 1. The zero-order chi connectivity index (χ0) is 23.7. The summed E-state index contributed by atoms with van der Waals surface area (Å²) in [5.41, 5.74) is 2.94. The normalized spacial score (nSPS) is 13.6. The monoisotopic (exact) mass is 473 g/mol. The standard InChI is InChI=1S/C26H23N3O4S/c1-33-25-14-13-19(34(31,32)29-18-11-12-18)15-24(25)28-26(30)21-16-23(17-7-3-2-4-8-17)27-22-10-6-5-9-20(21)22/h2-10,13-16,18,29H,11-12H2,1H3,(H,28,30). The lowest BCUT2D eigenvalue weighted by atomic mass is 10.0. The van der Waals surface area contributed by atoms with Gasteiger partial charge in [-0.2, -0.15) is 0 Å². The highest BCUT2D eigenvalue weighted by Gasteiger charge is 2.28. The van der Waals surface area contributed by atoms with Gasteiger partial charge < -0.3 is 10.1 Å². The number of rotatable bonds is 7. The van der Waals surface area contributed by atoms with E-state index in [1.807, 2.05) is 54.6 Å². The molecule has 0 aliphatic heterocycles. The molecule has 0 spiro atoms. The zero-order valence-corrected chi connectivity index (χ0v) is 19.3. The van der Waals surface area contributed by atoms with Crippen molar-refractivity contribution in [1.29, 1.82) is 0 Å². The summed E-state index contributed by atoms with van der Waals surface area (Å²) < 4.78 is 33.4. The molecule has 0 unspecified atom stereocenters. The summed E-state index contributed by atoms with van der Waals surface area (Å²) in [6.07, 6.45) is 1.66. The van der Waals surface area contributed by atoms with E-state index in [-0.39, 0.29) is 16.6 Å². The maximum absolute atomic E-state index is 13.5. The summed E-state index contributed by atoms with van der Waals surface area (Å²) in [4.78, 5) is 18.3. The van der Waals surface area contributed by atoms with Crippen molar-refractivity contribution in [3.8, 4) is 17.0 Å². The molecule has 4 aromatic rings. The van der Waals surface area contributed by atoms with Gasteiger partial charge in [-0.1, -0.05) is 48.5 Å². The van der Waals surface area contributed by atoms with Gasteiger partial charge in [0.25, 0.3) is 5.91 Å². The Hall–Kier alpha value is -3.75. The number of nitrogens with one attached hydrogen (secondary N) is 2. The molecule has 0 radical (unpaired) electrons. The van der Waals surface area contributed by atoms with E-state index < -0.39 is 15.9 Å². The van der Waals surface area contributed by atoms with Crippen LogP contribution in [0.15, 0.2) is 83.8 Å². The third-order valence-electron chi connectivity index (χ3n) is 5.66. The van der Waals surface area contributed by atoms with Crippen molar-refractivity contribution in [2.75, 3.05) is 12.4 Å². The number of carbonyl (C=O) groups is 1. The number of amides is 1. The van der Waals surface area contributed by atoms with E-state index in [0.717, 1.165) is 18.4 Å². The Bertz CT molecular complexity index is 1480. The van der Waals surface area contributed by atoms with Crippen molar-refractivity contribution in [3.05, 3.63) is 84.4 Å². The van der Waals surface area contributed by atoms with Gasteiger partial charge in [0.1, 0.15) is 5.75 Å². The highest BCUT2D eigenvalue weighted by Crippen LogP contribution is 2.31. The second kappa shape index (κ2) is 8.89. The molecule has 0 bridgehead atoms. The van der Waals surface area contributed by atoms with Gasteiger partial charge in [0.2, 0.25) is 10.0 Å². The number of pyridine rings is 1. The predicted molar refractivity (Wildman–Crippen MR) is 131 cm³/mol. The Morgan fingerprint density at radius 1 is 0.971 bits per heavy atom. The Labute approximate surface area is 197 Å². The fraction of sp³-hybridized carbons (Fsp3) is 0.154. The first-order valence-electron chi connectivity index (χ1n) is 10.9. The fourth-order valence-corrected chi connectivity index (χ4v) is 5.08. The summed E-state index contributed by atoms with van der Waals surface area (Å²) in [6, 6.07) is 23.2. The van der Waals surface area contributed by atoms with Gasteiger partial charge in [-0.25, -0.2) is 18.1 Å². The van der Waals surface area contributed by atoms with Crippen LogP contribution in [0.1, 0.15) is 23.2 Å². The summed E-state index contributed by atoms with van der Waals surface area (Å²) in [5, 5.41) is 3.54. The number of carbonyl (C=O) groups excluding carboxylic acids is 1. The Kier molecular flexibility index (Phi) is 5.77. The molecule has 1 aliphatic rings. The van der Waals surface area contributed by atoms with E-state index in [0.29, 0.717) is 27.9 Å². The van der Waals surface area contributed by atoms with Gasteiger partial charge in [-0.15, -0.1) is 0 Å². The first kappa shape index (κ1) is 22.1. The molecule has 34 heavy (non-hydrogen) atoms. The van der Waals surface area contributed by atoms with E-state index in [1.165, 1.54) is 25.3 Å². The van der Waals surface area contributed by atoms with Crippen molar-refractivity contribution >= 4 is 32.5 Å². The van der Waals surface area contributed by atoms with E-state index in [9.17, 15) is 13.2 Å². The van der Waals surface area contributed by atoms with Crippen molar-refractivity contribution in [3.63, 3.8) is 0 Å². The third kappa shape index (κ3) is 4.50. The van der Waals surface area contributed by atoms with Crippen LogP contribution < -0.4 is 14.8 Å². The van der Waals surface area contributed by atoms with Crippen LogP contribution in [0.3, 0.4) is 0 Å². The molecule has 3 aromatic carbocycles. The second-order valence-corrected chi connectivity index (χ2v) is 9.86. The zero-order valence-electron chi connectivity index (χ0n) is 18.5. The summed E-state index contributed by atoms with van der Waals surface area (Å²) >= 11 is 0. The smallest absolute Gasteiger partial charge is 0.256 e. The van der Waals surface area contributed by atoms with Crippen LogP contribution >= 0.6 is 0 Å². The largest absolute Gasteiger partial charge is 0.495 e. The first-order valence-corrected chi connectivity index (χ1v) is 12.4. The number of nitrogens with zero attached hydrogens (tertiary/aromatic N) is 1. The number of methoxy groups -OCH3 is 1. The molecular weight excluding hydrogens is 450 g/mol. The van der Waals surface area contributed by atoms with Crippen LogP contribution in [0, 0.1) is 0 Å². The highest BCUT2D eigenvalue weighted by molar-refractivity contribution is 7.89. The molecule has 0 atom stereocenters. The summed E-state index contributed by atoms with van der Waals surface area (Å²) in [6.45, 7) is 0. The molecule has 1 amide bonds. The molecule has 1 aliphatic carbocycles. The highest BCUT2D eigenvalue weighted by atomic mass is 32.2. The average Bonchev–Trinajstić information content (AvgIpc) is 3.67. The minimum absolute atomic E-state index is 0.0234. The third-order valence-corrected chi connectivity index (χ3v) is 7.18. The molecule has 2 N–H and O–H groups in total. The number of sulfonamides is 1. The number of hydrogen-bond donors (Lipinski definition) is 2. The molecule has 172 valence electrons. The lowest BCUT2D eigenvalue weighted by Crippen LogP contribution is -2.26. The van der Waals surface area contributed by atoms with Crippen molar-refractivity contribution in [1.82, 2.24) is 9.71 Å². The van der Waals surface area contributed by atoms with E-state index in [2.05, 4.69) is 10.0 Å². The Morgan fingerprint density at radius 2 is 1.71 bits per heavy atom. The maximum Gasteiger partial charge on any atom is 0.256 e. The average molecular weight is 474 g/mol. The van der Waals surface area contributed by atoms with Crippen LogP contribution in [0.4, 0.5) is 5.69 Å². The molecule has 8 heteroatoms. The van der Waals surface area contributed by atoms with Crippen LogP contribution in [0.2, 0.25) is 0 Å². The van der Waals surface area contributed by atoms with Gasteiger partial charge in [-0.3, -0.25) is 4.79 Å². The number of fused-ring (bicyclic) bond motifs is 1. The topological polar surface area (TPSA) is 97.4 Å². The van der Waals surface area contributed by atoms with E-state index in [4.69, 9.17) is 9.72 Å². The fourth-order valence-electron chi connectivity index (χ4n) is 3.75. The molecule has 5 rings (SSSR count). The minimum Gasteiger partial charge on any atom is -0.495 e. The van der Waals surface area contributed by atoms with Crippen molar-refractivity contribution in [2.24, 2.45) is 0 Å².